The average Bonchev–Trinajstić information content (AvgIpc) is 2.99. The summed E-state index contributed by atoms with van der Waals surface area (Å²) in [5.41, 5.74) is 2.06. The molecule has 2 heterocycles. The van der Waals surface area contributed by atoms with Crippen LogP contribution in [0.3, 0.4) is 0 Å². The lowest BCUT2D eigenvalue weighted by Gasteiger charge is -1.98. The van der Waals surface area contributed by atoms with Gasteiger partial charge in [0.2, 0.25) is 16.8 Å². The number of benzene rings is 1. The second-order valence-electron chi connectivity index (χ2n) is 4.41. The Morgan fingerprint density at radius 2 is 2.15 bits per heavy atom. The summed E-state index contributed by atoms with van der Waals surface area (Å²) in [5, 5.41) is 9.09. The van der Waals surface area contributed by atoms with Gasteiger partial charge in [-0.05, 0) is 6.42 Å². The Bertz CT molecular complexity index is 732. The van der Waals surface area contributed by atoms with Crippen molar-refractivity contribution in [3.8, 4) is 11.3 Å². The lowest BCUT2D eigenvalue weighted by atomic mass is 10.2. The van der Waals surface area contributed by atoms with Gasteiger partial charge in [0.05, 0.1) is 5.69 Å². The molecule has 102 valence electrons. The van der Waals surface area contributed by atoms with Crippen molar-refractivity contribution >= 4 is 28.2 Å². The van der Waals surface area contributed by atoms with Crippen molar-refractivity contribution in [3.63, 3.8) is 0 Å². The lowest BCUT2D eigenvalue weighted by Crippen LogP contribution is -2.11. The standard InChI is InChI=1S/C14H14N4OS/c1-2-6-12(19)15-13-16-14-18(17-13)11(9-20-14)10-7-4-3-5-8-10/h3-5,7-9H,2,6H2,1H3,(H,15,17,19). The summed E-state index contributed by atoms with van der Waals surface area (Å²) in [4.78, 5) is 16.7. The van der Waals surface area contributed by atoms with Gasteiger partial charge in [0.25, 0.3) is 0 Å². The number of nitrogens with zero attached hydrogens (tertiary/aromatic N) is 3. The van der Waals surface area contributed by atoms with Gasteiger partial charge in [-0.15, -0.1) is 16.4 Å². The van der Waals surface area contributed by atoms with Crippen LogP contribution in [0.15, 0.2) is 35.7 Å². The Kier molecular flexibility index (Phi) is 3.47. The van der Waals surface area contributed by atoms with Gasteiger partial charge < -0.3 is 0 Å². The summed E-state index contributed by atoms with van der Waals surface area (Å²) in [6, 6.07) is 10.0. The number of hydrogen-bond acceptors (Lipinski definition) is 4. The molecular weight excluding hydrogens is 272 g/mol. The van der Waals surface area contributed by atoms with Crippen molar-refractivity contribution in [2.75, 3.05) is 5.32 Å². The smallest absolute Gasteiger partial charge is 0.250 e. The first kappa shape index (κ1) is 12.8. The van der Waals surface area contributed by atoms with E-state index in [1.165, 1.54) is 11.3 Å². The van der Waals surface area contributed by atoms with Gasteiger partial charge in [0, 0.05) is 17.4 Å². The van der Waals surface area contributed by atoms with Crippen LogP contribution in [0.5, 0.6) is 0 Å². The van der Waals surface area contributed by atoms with Crippen molar-refractivity contribution in [3.05, 3.63) is 35.7 Å². The highest BCUT2D eigenvalue weighted by Gasteiger charge is 2.12. The number of fused-ring (bicyclic) bond motifs is 1. The maximum atomic E-state index is 11.6. The fraction of sp³-hybridized carbons (Fsp3) is 0.214. The molecule has 0 fully saturated rings. The number of hydrogen-bond donors (Lipinski definition) is 1. The van der Waals surface area contributed by atoms with E-state index in [9.17, 15) is 4.79 Å². The summed E-state index contributed by atoms with van der Waals surface area (Å²) < 4.78 is 1.77. The van der Waals surface area contributed by atoms with Crippen LogP contribution >= 0.6 is 11.3 Å². The first-order chi connectivity index (χ1) is 9.78. The van der Waals surface area contributed by atoms with Gasteiger partial charge in [-0.1, -0.05) is 37.3 Å². The van der Waals surface area contributed by atoms with Crippen LogP contribution in [0.2, 0.25) is 0 Å². The van der Waals surface area contributed by atoms with Gasteiger partial charge >= 0.3 is 0 Å². The zero-order valence-electron chi connectivity index (χ0n) is 11.0. The van der Waals surface area contributed by atoms with Gasteiger partial charge in [0.15, 0.2) is 0 Å². The van der Waals surface area contributed by atoms with E-state index in [0.717, 1.165) is 22.6 Å². The number of amides is 1. The Morgan fingerprint density at radius 3 is 2.90 bits per heavy atom. The number of anilines is 1. The predicted octanol–water partition coefficient (Wildman–Crippen LogP) is 3.20. The molecule has 0 unspecified atom stereocenters. The highest BCUT2D eigenvalue weighted by atomic mass is 32.1. The number of rotatable bonds is 4. The SMILES string of the molecule is CCCC(=O)Nc1nc2scc(-c3ccccc3)n2n1. The molecule has 1 N–H and O–H groups in total. The minimum absolute atomic E-state index is 0.0491. The number of carbonyl (C=O) groups excluding carboxylic acids is 1. The minimum Gasteiger partial charge on any atom is -0.293 e. The Morgan fingerprint density at radius 1 is 1.35 bits per heavy atom. The maximum absolute atomic E-state index is 11.6. The van der Waals surface area contributed by atoms with E-state index in [1.807, 2.05) is 42.6 Å². The lowest BCUT2D eigenvalue weighted by molar-refractivity contribution is -0.116. The number of carbonyl (C=O) groups is 1. The first-order valence-corrected chi connectivity index (χ1v) is 7.35. The third-order valence-electron chi connectivity index (χ3n) is 2.88. The van der Waals surface area contributed by atoms with Crippen LogP contribution in [0.4, 0.5) is 5.95 Å². The Labute approximate surface area is 120 Å². The summed E-state index contributed by atoms with van der Waals surface area (Å²) >= 11 is 1.51. The molecule has 6 heteroatoms. The highest BCUT2D eigenvalue weighted by molar-refractivity contribution is 7.15. The van der Waals surface area contributed by atoms with Crippen LogP contribution in [0.1, 0.15) is 19.8 Å². The van der Waals surface area contributed by atoms with Crippen molar-refractivity contribution in [2.24, 2.45) is 0 Å². The van der Waals surface area contributed by atoms with Gasteiger partial charge in [-0.2, -0.15) is 4.98 Å². The number of aromatic nitrogens is 3. The van der Waals surface area contributed by atoms with Gasteiger partial charge in [0.1, 0.15) is 0 Å². The zero-order valence-corrected chi connectivity index (χ0v) is 11.9. The van der Waals surface area contributed by atoms with E-state index >= 15 is 0 Å². The molecule has 0 aliphatic carbocycles. The number of thiazole rings is 1. The van der Waals surface area contributed by atoms with Crippen LogP contribution in [0.25, 0.3) is 16.2 Å². The molecule has 1 amide bonds. The van der Waals surface area contributed by atoms with Crippen molar-refractivity contribution < 1.29 is 4.79 Å². The topological polar surface area (TPSA) is 59.3 Å². The van der Waals surface area contributed by atoms with Crippen molar-refractivity contribution in [1.82, 2.24) is 14.6 Å². The van der Waals surface area contributed by atoms with Crippen molar-refractivity contribution in [2.45, 2.75) is 19.8 Å². The zero-order chi connectivity index (χ0) is 13.9. The molecule has 1 aromatic carbocycles. The highest BCUT2D eigenvalue weighted by Crippen LogP contribution is 2.25. The van der Waals surface area contributed by atoms with E-state index in [4.69, 9.17) is 0 Å². The molecule has 2 aromatic heterocycles. The van der Waals surface area contributed by atoms with Gasteiger partial charge in [-0.3, -0.25) is 10.1 Å². The van der Waals surface area contributed by atoms with Crippen LogP contribution < -0.4 is 5.32 Å². The molecule has 0 radical (unpaired) electrons. The van der Waals surface area contributed by atoms with E-state index < -0.39 is 0 Å². The predicted molar refractivity (Wildman–Crippen MR) is 79.8 cm³/mol. The second kappa shape index (κ2) is 5.42. The molecule has 0 atom stereocenters. The maximum Gasteiger partial charge on any atom is 0.250 e. The Hall–Kier alpha value is -2.21. The van der Waals surface area contributed by atoms with E-state index in [1.54, 1.807) is 4.52 Å². The van der Waals surface area contributed by atoms with Crippen LogP contribution in [0, 0.1) is 0 Å². The second-order valence-corrected chi connectivity index (χ2v) is 5.25. The van der Waals surface area contributed by atoms with E-state index in [0.29, 0.717) is 12.4 Å². The molecule has 0 saturated heterocycles. The quantitative estimate of drug-likeness (QED) is 0.801. The molecule has 3 rings (SSSR count). The summed E-state index contributed by atoms with van der Waals surface area (Å²) in [7, 11) is 0. The molecule has 5 nitrogen and oxygen atoms in total. The molecule has 0 saturated carbocycles. The molecule has 0 aliphatic rings. The fourth-order valence-electron chi connectivity index (χ4n) is 1.96. The van der Waals surface area contributed by atoms with Gasteiger partial charge in [-0.25, -0.2) is 4.52 Å². The molecular formula is C14H14N4OS. The average molecular weight is 286 g/mol. The van der Waals surface area contributed by atoms with Crippen molar-refractivity contribution in [1.29, 1.82) is 0 Å². The molecule has 0 spiro atoms. The van der Waals surface area contributed by atoms with Crippen LogP contribution in [-0.2, 0) is 4.79 Å². The largest absolute Gasteiger partial charge is 0.293 e. The number of nitrogens with one attached hydrogen (secondary N) is 1. The summed E-state index contributed by atoms with van der Waals surface area (Å²) in [6.45, 7) is 1.96. The minimum atomic E-state index is -0.0491. The fourth-order valence-corrected chi connectivity index (χ4v) is 2.79. The monoisotopic (exact) mass is 286 g/mol. The molecule has 0 aliphatic heterocycles. The summed E-state index contributed by atoms with van der Waals surface area (Å²) in [6.07, 6.45) is 1.29. The summed E-state index contributed by atoms with van der Waals surface area (Å²) in [5.74, 6) is 0.319. The first-order valence-electron chi connectivity index (χ1n) is 6.47. The molecule has 0 bridgehead atoms. The molecule has 20 heavy (non-hydrogen) atoms. The van der Waals surface area contributed by atoms with E-state index in [-0.39, 0.29) is 5.91 Å². The third kappa shape index (κ3) is 2.42. The van der Waals surface area contributed by atoms with E-state index in [2.05, 4.69) is 15.4 Å². The Balaban J connectivity index is 1.93. The van der Waals surface area contributed by atoms with Crippen LogP contribution in [-0.4, -0.2) is 20.5 Å². The third-order valence-corrected chi connectivity index (χ3v) is 3.70. The molecule has 3 aromatic rings. The normalized spacial score (nSPS) is 10.8.